The van der Waals surface area contributed by atoms with Crippen LogP contribution in [0.3, 0.4) is 0 Å². The molecule has 2 saturated carbocycles. The van der Waals surface area contributed by atoms with Gasteiger partial charge in [-0.3, -0.25) is 14.5 Å². The summed E-state index contributed by atoms with van der Waals surface area (Å²) in [6.07, 6.45) is 8.04. The maximum atomic E-state index is 13.1. The van der Waals surface area contributed by atoms with E-state index in [1.807, 2.05) is 17.0 Å². The van der Waals surface area contributed by atoms with E-state index in [4.69, 9.17) is 0 Å². The molecule has 2 unspecified atom stereocenters. The van der Waals surface area contributed by atoms with Crippen LogP contribution in [0.5, 0.6) is 0 Å². The van der Waals surface area contributed by atoms with Gasteiger partial charge in [-0.05, 0) is 67.1 Å². The van der Waals surface area contributed by atoms with Crippen molar-refractivity contribution < 1.29 is 9.59 Å². The molecule has 34 heavy (non-hydrogen) atoms. The lowest BCUT2D eigenvalue weighted by Crippen LogP contribution is -2.52. The van der Waals surface area contributed by atoms with E-state index >= 15 is 0 Å². The Hall–Kier alpha value is -2.14. The van der Waals surface area contributed by atoms with Gasteiger partial charge in [0.05, 0.1) is 0 Å². The van der Waals surface area contributed by atoms with Crippen molar-refractivity contribution in [3.8, 4) is 0 Å². The van der Waals surface area contributed by atoms with Crippen LogP contribution in [0.2, 0.25) is 0 Å². The van der Waals surface area contributed by atoms with Gasteiger partial charge in [0, 0.05) is 57.3 Å². The molecule has 5 heteroatoms. The second-order valence-corrected chi connectivity index (χ2v) is 11.5. The molecule has 2 amide bonds. The highest BCUT2D eigenvalue weighted by Crippen LogP contribution is 2.59. The van der Waals surface area contributed by atoms with E-state index in [1.165, 1.54) is 24.0 Å². The Morgan fingerprint density at radius 3 is 2.35 bits per heavy atom. The summed E-state index contributed by atoms with van der Waals surface area (Å²) in [6, 6.07) is 8.03. The van der Waals surface area contributed by atoms with Crippen molar-refractivity contribution in [1.82, 2.24) is 14.7 Å². The molecule has 1 saturated heterocycles. The summed E-state index contributed by atoms with van der Waals surface area (Å²) in [5.41, 5.74) is 3.95. The highest BCUT2D eigenvalue weighted by atomic mass is 16.2. The normalized spacial score (nSPS) is 26.0. The van der Waals surface area contributed by atoms with Crippen LogP contribution in [0.1, 0.15) is 62.4 Å². The molecule has 184 valence electrons. The molecule has 5 nitrogen and oxygen atoms in total. The maximum absolute atomic E-state index is 13.1. The molecular formula is C29H41N3O2. The van der Waals surface area contributed by atoms with Gasteiger partial charge in [0.1, 0.15) is 0 Å². The minimum atomic E-state index is 0.137. The molecule has 0 N–H and O–H groups in total. The molecule has 0 radical (unpaired) electrons. The van der Waals surface area contributed by atoms with Crippen LogP contribution in [0.25, 0.3) is 0 Å². The number of carbonyl (C=O) groups is 2. The Bertz CT molecular complexity index is 939. The molecule has 1 aromatic rings. The number of carbonyl (C=O) groups excluding carboxylic acids is 2. The minimum absolute atomic E-state index is 0.137. The van der Waals surface area contributed by atoms with Crippen molar-refractivity contribution >= 4 is 11.8 Å². The summed E-state index contributed by atoms with van der Waals surface area (Å²) >= 11 is 0. The average molecular weight is 464 g/mol. The molecule has 0 spiro atoms. The maximum Gasteiger partial charge on any atom is 0.253 e. The fourth-order valence-electron chi connectivity index (χ4n) is 6.23. The number of amides is 2. The summed E-state index contributed by atoms with van der Waals surface area (Å²) in [5.74, 6) is 2.25. The first-order valence-electron chi connectivity index (χ1n) is 13.4. The van der Waals surface area contributed by atoms with Crippen LogP contribution in [-0.4, -0.2) is 72.3 Å². The van der Waals surface area contributed by atoms with Gasteiger partial charge in [-0.1, -0.05) is 44.6 Å². The first-order valence-corrected chi connectivity index (χ1v) is 13.4. The molecule has 6 rings (SSSR count). The third kappa shape index (κ3) is 4.68. The van der Waals surface area contributed by atoms with Gasteiger partial charge in [0.15, 0.2) is 0 Å². The predicted molar refractivity (Wildman–Crippen MR) is 136 cm³/mol. The van der Waals surface area contributed by atoms with Gasteiger partial charge in [-0.15, -0.1) is 0 Å². The zero-order valence-electron chi connectivity index (χ0n) is 21.3. The van der Waals surface area contributed by atoms with Crippen LogP contribution in [0.4, 0.5) is 0 Å². The Labute approximate surface area is 205 Å². The number of hydrogen-bond donors (Lipinski definition) is 0. The third-order valence-electron chi connectivity index (χ3n) is 9.15. The van der Waals surface area contributed by atoms with Crippen molar-refractivity contribution in [3.05, 3.63) is 47.0 Å². The van der Waals surface area contributed by atoms with E-state index in [9.17, 15) is 9.59 Å². The molecule has 2 bridgehead atoms. The van der Waals surface area contributed by atoms with Gasteiger partial charge >= 0.3 is 0 Å². The van der Waals surface area contributed by atoms with E-state index in [2.05, 4.69) is 48.8 Å². The van der Waals surface area contributed by atoms with Crippen molar-refractivity contribution in [2.45, 2.75) is 52.9 Å². The van der Waals surface area contributed by atoms with Crippen LogP contribution in [0, 0.1) is 23.2 Å². The first kappa shape index (κ1) is 23.6. The zero-order chi connectivity index (χ0) is 23.9. The Balaban J connectivity index is 1.14. The lowest BCUT2D eigenvalue weighted by Gasteiger charge is -2.57. The van der Waals surface area contributed by atoms with Gasteiger partial charge in [0.25, 0.3) is 5.91 Å². The zero-order valence-corrected chi connectivity index (χ0v) is 21.3. The van der Waals surface area contributed by atoms with E-state index in [0.29, 0.717) is 17.2 Å². The summed E-state index contributed by atoms with van der Waals surface area (Å²) in [6.45, 7) is 12.7. The molecule has 0 aromatic heterocycles. The molecule has 4 aliphatic carbocycles. The standard InChI is InChI=1S/C29H41N3O2/c1-4-21-5-7-22(8-6-21)27(33)31-16-13-30(14-17-31)15-18-32(28(34)23-9-10-23)20-24-11-12-25-19-26(24)29(25,2)3/h5-8,11,23,25-26H,4,9-10,12-20H2,1-3H3. The third-order valence-corrected chi connectivity index (χ3v) is 9.15. The van der Waals surface area contributed by atoms with E-state index in [0.717, 1.165) is 76.6 Å². The largest absolute Gasteiger partial charge is 0.337 e. The minimum Gasteiger partial charge on any atom is -0.337 e. The van der Waals surface area contributed by atoms with E-state index in [1.54, 1.807) is 0 Å². The fraction of sp³-hybridized carbons (Fsp3) is 0.655. The topological polar surface area (TPSA) is 43.9 Å². The van der Waals surface area contributed by atoms with Crippen LogP contribution in [0.15, 0.2) is 35.9 Å². The van der Waals surface area contributed by atoms with Gasteiger partial charge in [-0.2, -0.15) is 0 Å². The average Bonchev–Trinajstić information content (AvgIpc) is 3.71. The van der Waals surface area contributed by atoms with Gasteiger partial charge < -0.3 is 9.80 Å². The number of rotatable bonds is 8. The molecule has 1 aromatic carbocycles. The summed E-state index contributed by atoms with van der Waals surface area (Å²) in [7, 11) is 0. The number of hydrogen-bond acceptors (Lipinski definition) is 3. The van der Waals surface area contributed by atoms with Crippen molar-refractivity contribution in [1.29, 1.82) is 0 Å². The number of aryl methyl sites for hydroxylation is 1. The highest BCUT2D eigenvalue weighted by molar-refractivity contribution is 5.94. The molecule has 1 aliphatic heterocycles. The first-order chi connectivity index (χ1) is 16.4. The second kappa shape index (κ2) is 9.49. The van der Waals surface area contributed by atoms with Crippen LogP contribution in [-0.2, 0) is 11.2 Å². The summed E-state index contributed by atoms with van der Waals surface area (Å²) in [5, 5.41) is 0. The monoisotopic (exact) mass is 463 g/mol. The predicted octanol–water partition coefficient (Wildman–Crippen LogP) is 4.24. The van der Waals surface area contributed by atoms with E-state index in [-0.39, 0.29) is 11.8 Å². The summed E-state index contributed by atoms with van der Waals surface area (Å²) in [4.78, 5) is 32.6. The SMILES string of the molecule is CCc1ccc(C(=O)N2CCN(CCN(CC3=CCC4CC3C4(C)C)C(=O)C3CC3)CC2)cc1. The van der Waals surface area contributed by atoms with Crippen LogP contribution >= 0.6 is 0 Å². The van der Waals surface area contributed by atoms with E-state index < -0.39 is 0 Å². The molecular weight excluding hydrogens is 422 g/mol. The molecule has 5 aliphatic rings. The smallest absolute Gasteiger partial charge is 0.253 e. The highest BCUT2D eigenvalue weighted by Gasteiger charge is 2.51. The molecule has 1 heterocycles. The lowest BCUT2D eigenvalue weighted by molar-refractivity contribution is -0.132. The number of nitrogens with zero attached hydrogens (tertiary/aromatic N) is 3. The van der Waals surface area contributed by atoms with Crippen molar-refractivity contribution in [3.63, 3.8) is 0 Å². The van der Waals surface area contributed by atoms with Gasteiger partial charge in [0.2, 0.25) is 5.91 Å². The van der Waals surface area contributed by atoms with Crippen molar-refractivity contribution in [2.75, 3.05) is 45.8 Å². The summed E-state index contributed by atoms with van der Waals surface area (Å²) < 4.78 is 0. The number of fused-ring (bicyclic) bond motifs is 1. The van der Waals surface area contributed by atoms with Crippen LogP contribution < -0.4 is 0 Å². The Morgan fingerprint density at radius 2 is 1.76 bits per heavy atom. The Kier molecular flexibility index (Phi) is 6.58. The lowest BCUT2D eigenvalue weighted by atomic mass is 9.49. The number of allylic oxidation sites excluding steroid dienone is 1. The quantitative estimate of drug-likeness (QED) is 0.542. The number of benzene rings is 1. The number of piperazine rings is 1. The van der Waals surface area contributed by atoms with Gasteiger partial charge in [-0.25, -0.2) is 0 Å². The second-order valence-electron chi connectivity index (χ2n) is 11.5. The van der Waals surface area contributed by atoms with Crippen molar-refractivity contribution in [2.24, 2.45) is 23.2 Å². The molecule has 2 atom stereocenters. The Morgan fingerprint density at radius 1 is 1.06 bits per heavy atom. The molecule has 3 fully saturated rings. The fourth-order valence-corrected chi connectivity index (χ4v) is 6.23.